The Balaban J connectivity index is 0.000000146. The molecule has 0 atom stereocenters. The summed E-state index contributed by atoms with van der Waals surface area (Å²) < 4.78 is 0. The molecule has 2 aliphatic rings. The number of anilines is 12. The Morgan fingerprint density at radius 2 is 0.427 bits per heavy atom. The number of hydrogen-bond donors (Lipinski definition) is 0. The van der Waals surface area contributed by atoms with Gasteiger partial charge in [-0.15, -0.1) is 0 Å². The van der Waals surface area contributed by atoms with Gasteiger partial charge in [0.1, 0.15) is 0 Å². The third-order valence-corrected chi connectivity index (χ3v) is 19.4. The zero-order valence-electron chi connectivity index (χ0n) is 53.3. The third kappa shape index (κ3) is 11.0. The van der Waals surface area contributed by atoms with Crippen LogP contribution in [0.1, 0.15) is 22.3 Å². The van der Waals surface area contributed by atoms with Crippen LogP contribution in [-0.2, 0) is 25.7 Å². The second-order valence-electron chi connectivity index (χ2n) is 25.1. The minimum atomic E-state index is 1.07. The number of rotatable bonds is 14. The molecule has 4 heteroatoms. The molecule has 0 N–H and O–H groups in total. The van der Waals surface area contributed by atoms with Gasteiger partial charge < -0.3 is 19.6 Å². The highest BCUT2D eigenvalue weighted by molar-refractivity contribution is 6.00. The van der Waals surface area contributed by atoms with Crippen molar-refractivity contribution >= 4 is 111 Å². The fourth-order valence-corrected chi connectivity index (χ4v) is 14.8. The average molecular weight is 1230 g/mol. The lowest BCUT2D eigenvalue weighted by Crippen LogP contribution is -2.12. The van der Waals surface area contributed by atoms with E-state index in [1.54, 1.807) is 0 Å². The largest absolute Gasteiger partial charge is 0.310 e. The number of para-hydroxylation sites is 4. The lowest BCUT2D eigenvalue weighted by Gasteiger charge is -2.28. The summed E-state index contributed by atoms with van der Waals surface area (Å²) in [6.45, 7) is 0. The van der Waals surface area contributed by atoms with Gasteiger partial charge in [-0.05, 0) is 247 Å². The normalized spacial score (nSPS) is 12.0. The van der Waals surface area contributed by atoms with Crippen molar-refractivity contribution in [3.63, 3.8) is 0 Å². The molecule has 18 rings (SSSR count). The van der Waals surface area contributed by atoms with Crippen LogP contribution in [0.5, 0.6) is 0 Å². The van der Waals surface area contributed by atoms with E-state index in [0.29, 0.717) is 0 Å². The van der Waals surface area contributed by atoms with E-state index in [4.69, 9.17) is 0 Å². The van der Waals surface area contributed by atoms with Crippen molar-refractivity contribution in [2.24, 2.45) is 0 Å². The molecule has 16 aromatic carbocycles. The van der Waals surface area contributed by atoms with Gasteiger partial charge in [0.05, 0.1) is 0 Å². The lowest BCUT2D eigenvalue weighted by molar-refractivity contribution is 1.02. The molecule has 0 amide bonds. The van der Waals surface area contributed by atoms with Crippen LogP contribution in [0, 0.1) is 0 Å². The van der Waals surface area contributed by atoms with Crippen LogP contribution in [0.25, 0.3) is 65.3 Å². The average Bonchev–Trinajstić information content (AvgIpc) is 1.54. The molecule has 16 aromatic rings. The number of aryl methyl sites for hydroxylation is 4. The fraction of sp³-hybridized carbons (Fsp3) is 0.0435. The van der Waals surface area contributed by atoms with Gasteiger partial charge in [0.15, 0.2) is 0 Å². The quantitative estimate of drug-likeness (QED) is 0.108. The number of benzene rings is 16. The number of fused-ring (bicyclic) bond motifs is 2. The van der Waals surface area contributed by atoms with Crippen molar-refractivity contribution < 1.29 is 0 Å². The molecule has 0 bridgehead atoms. The summed E-state index contributed by atoms with van der Waals surface area (Å²) in [4.78, 5) is 9.50. The highest BCUT2D eigenvalue weighted by atomic mass is 15.2. The van der Waals surface area contributed by atoms with Crippen molar-refractivity contribution in [3.8, 4) is 22.3 Å². The molecule has 0 spiro atoms. The summed E-state index contributed by atoms with van der Waals surface area (Å²) in [5, 5.41) is 10.5. The highest BCUT2D eigenvalue weighted by Crippen LogP contribution is 2.47. The van der Waals surface area contributed by atoms with E-state index in [9.17, 15) is 0 Å². The molecule has 0 saturated carbocycles. The van der Waals surface area contributed by atoms with Gasteiger partial charge in [0.25, 0.3) is 0 Å². The molecule has 0 unspecified atom stereocenters. The highest BCUT2D eigenvalue weighted by Gasteiger charge is 2.26. The van der Waals surface area contributed by atoms with Crippen LogP contribution in [0.15, 0.2) is 364 Å². The SMILES string of the molecule is c1ccc(N(c2ccc(-c3ccc(N(c4ccccc4)c4ccc5cccc6c5c4CC6)cc3)cc2)c2ccc3cccc4c3c2CC4)cc1.c1ccc(N(c2ccc(-c3ccc(N(c4ccccc4)c4ccc5ccccc5c4)cc3)cc2)c2ccc3ccccc3c2)cc1. The topological polar surface area (TPSA) is 13.0 Å². The van der Waals surface area contributed by atoms with Crippen molar-refractivity contribution in [2.45, 2.75) is 25.7 Å². The van der Waals surface area contributed by atoms with Crippen LogP contribution in [0.4, 0.5) is 68.2 Å². The van der Waals surface area contributed by atoms with Crippen molar-refractivity contribution in [1.82, 2.24) is 0 Å². The molecule has 0 saturated heterocycles. The predicted octanol–water partition coefficient (Wildman–Crippen LogP) is 25.4. The second kappa shape index (κ2) is 25.3. The van der Waals surface area contributed by atoms with Gasteiger partial charge >= 0.3 is 0 Å². The fourth-order valence-electron chi connectivity index (χ4n) is 14.8. The van der Waals surface area contributed by atoms with E-state index < -0.39 is 0 Å². The smallest absolute Gasteiger partial charge is 0.0500 e. The zero-order valence-corrected chi connectivity index (χ0v) is 53.3. The maximum atomic E-state index is 2.43. The molecule has 0 heterocycles. The van der Waals surface area contributed by atoms with E-state index in [1.807, 2.05) is 0 Å². The number of nitrogens with zero attached hydrogens (tertiary/aromatic N) is 4. The van der Waals surface area contributed by atoms with E-state index in [0.717, 1.165) is 59.8 Å². The summed E-state index contributed by atoms with van der Waals surface area (Å²) in [6.07, 6.45) is 4.35. The van der Waals surface area contributed by atoms with Crippen molar-refractivity contribution in [2.75, 3.05) is 19.6 Å². The van der Waals surface area contributed by atoms with Crippen LogP contribution in [0.3, 0.4) is 0 Å². The maximum absolute atomic E-state index is 2.43. The second-order valence-corrected chi connectivity index (χ2v) is 25.1. The molecular formula is C92H68N4. The molecule has 456 valence electrons. The number of hydrogen-bond acceptors (Lipinski definition) is 4. The van der Waals surface area contributed by atoms with E-state index >= 15 is 0 Å². The first-order valence-electron chi connectivity index (χ1n) is 33.5. The van der Waals surface area contributed by atoms with Gasteiger partial charge in [-0.2, -0.15) is 0 Å². The monoisotopic (exact) mass is 1230 g/mol. The van der Waals surface area contributed by atoms with Gasteiger partial charge in [0.2, 0.25) is 0 Å². The van der Waals surface area contributed by atoms with Crippen LogP contribution < -0.4 is 19.6 Å². The Morgan fingerprint density at radius 1 is 0.167 bits per heavy atom. The summed E-state index contributed by atoms with van der Waals surface area (Å²) in [5.41, 5.74) is 24.6. The first-order chi connectivity index (χ1) is 47.6. The third-order valence-electron chi connectivity index (χ3n) is 19.4. The Bertz CT molecular complexity index is 5100. The minimum absolute atomic E-state index is 1.07. The summed E-state index contributed by atoms with van der Waals surface area (Å²) in [5.74, 6) is 0. The maximum Gasteiger partial charge on any atom is 0.0500 e. The lowest BCUT2D eigenvalue weighted by atomic mass is 10.0. The Morgan fingerprint density at radius 3 is 0.771 bits per heavy atom. The van der Waals surface area contributed by atoms with Gasteiger partial charge in [-0.3, -0.25) is 0 Å². The Labute approximate surface area is 561 Å². The first-order valence-corrected chi connectivity index (χ1v) is 33.5. The first kappa shape index (κ1) is 57.6. The minimum Gasteiger partial charge on any atom is -0.310 e. The molecule has 4 nitrogen and oxygen atoms in total. The zero-order chi connectivity index (χ0) is 63.7. The van der Waals surface area contributed by atoms with Crippen molar-refractivity contribution in [3.05, 3.63) is 386 Å². The molecule has 0 aromatic heterocycles. The Hall–Kier alpha value is -12.2. The van der Waals surface area contributed by atoms with E-state index in [2.05, 4.69) is 384 Å². The van der Waals surface area contributed by atoms with Crippen molar-refractivity contribution in [1.29, 1.82) is 0 Å². The molecule has 0 aliphatic heterocycles. The summed E-state index contributed by atoms with van der Waals surface area (Å²) >= 11 is 0. The molecule has 0 fully saturated rings. The summed E-state index contributed by atoms with van der Waals surface area (Å²) in [6, 6.07) is 132. The van der Waals surface area contributed by atoms with Gasteiger partial charge in [-0.1, -0.05) is 231 Å². The molecule has 2 aliphatic carbocycles. The van der Waals surface area contributed by atoms with E-state index in [-0.39, 0.29) is 0 Å². The molecule has 0 radical (unpaired) electrons. The summed E-state index contributed by atoms with van der Waals surface area (Å²) in [7, 11) is 0. The van der Waals surface area contributed by atoms with Gasteiger partial charge in [-0.25, -0.2) is 0 Å². The molecular weight excluding hydrogens is 1160 g/mol. The Kier molecular flexibility index (Phi) is 15.2. The van der Waals surface area contributed by atoms with Crippen LogP contribution in [-0.4, -0.2) is 0 Å². The predicted molar refractivity (Wildman–Crippen MR) is 407 cm³/mol. The standard InChI is InChI=1S/C48H36N2.C44H32N2/c1-3-13-39(14-4-1)49(45-31-23-37-11-7-9-35-21-29-43(45)47(35)37)41-25-17-33(18-26-41)34-19-27-42(28-20-34)50(40-15-5-2-6-16-40)46-32-24-38-12-8-10-36-22-30-44(46)48(36)38;1-3-15-39(16-4-1)45(43-29-23-33-11-7-9-13-37(33)31-43)41-25-19-35(20-26-41)36-21-27-42(28-22-36)46(40-17-5-2-6-18-40)44-30-24-34-12-8-10-14-38(34)32-44/h1-20,23-28,31-32H,21-22,29-30H2;1-32H. The van der Waals surface area contributed by atoms with Crippen LogP contribution in [0.2, 0.25) is 0 Å². The van der Waals surface area contributed by atoms with E-state index in [1.165, 1.54) is 122 Å². The molecule has 96 heavy (non-hydrogen) atoms. The van der Waals surface area contributed by atoms with Gasteiger partial charge in [0, 0.05) is 68.2 Å². The van der Waals surface area contributed by atoms with Crippen LogP contribution >= 0.6 is 0 Å².